The molecule has 28 heavy (non-hydrogen) atoms. The molecule has 0 spiro atoms. The van der Waals surface area contributed by atoms with Crippen molar-refractivity contribution in [2.75, 3.05) is 20.3 Å². The van der Waals surface area contributed by atoms with Gasteiger partial charge < -0.3 is 24.4 Å². The van der Waals surface area contributed by atoms with Crippen molar-refractivity contribution < 1.29 is 34.0 Å². The van der Waals surface area contributed by atoms with Crippen LogP contribution in [0.4, 0.5) is 4.79 Å². The number of piperidine rings is 1. The van der Waals surface area contributed by atoms with Crippen LogP contribution in [0.25, 0.3) is 0 Å². The summed E-state index contributed by atoms with van der Waals surface area (Å²) in [5, 5.41) is 20.7. The van der Waals surface area contributed by atoms with Gasteiger partial charge in [0.15, 0.2) is 0 Å². The van der Waals surface area contributed by atoms with Crippen molar-refractivity contribution in [1.82, 2.24) is 4.90 Å². The molecule has 8 heteroatoms. The van der Waals surface area contributed by atoms with Crippen LogP contribution < -0.4 is 0 Å². The molecule has 1 fully saturated rings. The summed E-state index contributed by atoms with van der Waals surface area (Å²) in [4.78, 5) is 26.1. The number of nitrogens with zero attached hydrogens (tertiary/aromatic N) is 1. The average molecular weight is 395 g/mol. The third kappa shape index (κ3) is 5.67. The highest BCUT2D eigenvalue weighted by atomic mass is 16.6. The van der Waals surface area contributed by atoms with Gasteiger partial charge in [0.2, 0.25) is 0 Å². The zero-order valence-corrected chi connectivity index (χ0v) is 16.7. The Morgan fingerprint density at radius 1 is 1.18 bits per heavy atom. The first kappa shape index (κ1) is 22.1. The van der Waals surface area contributed by atoms with Crippen LogP contribution in [0.1, 0.15) is 26.3 Å². The lowest BCUT2D eigenvalue weighted by Gasteiger charge is -2.44. The fourth-order valence-electron chi connectivity index (χ4n) is 3.13. The van der Waals surface area contributed by atoms with E-state index < -0.39 is 41.8 Å². The van der Waals surface area contributed by atoms with Crippen molar-refractivity contribution in [2.45, 2.75) is 51.2 Å². The van der Waals surface area contributed by atoms with Crippen molar-refractivity contribution in [3.8, 4) is 0 Å². The molecule has 2 N–H and O–H groups in total. The van der Waals surface area contributed by atoms with Gasteiger partial charge in [0.05, 0.1) is 39.1 Å². The van der Waals surface area contributed by atoms with Gasteiger partial charge in [-0.2, -0.15) is 0 Å². The molecular formula is C20H29NO7. The number of carbonyl (C=O) groups is 2. The second kappa shape index (κ2) is 9.36. The van der Waals surface area contributed by atoms with Crippen molar-refractivity contribution in [3.05, 3.63) is 35.9 Å². The first-order chi connectivity index (χ1) is 13.1. The first-order valence-electron chi connectivity index (χ1n) is 9.19. The Kier molecular flexibility index (Phi) is 7.40. The zero-order chi connectivity index (χ0) is 20.9. The fraction of sp³-hybridized carbons (Fsp3) is 0.600. The Morgan fingerprint density at radius 3 is 2.39 bits per heavy atom. The minimum Gasteiger partial charge on any atom is -0.467 e. The monoisotopic (exact) mass is 395 g/mol. The highest BCUT2D eigenvalue weighted by Crippen LogP contribution is 2.28. The molecule has 0 unspecified atom stereocenters. The van der Waals surface area contributed by atoms with Gasteiger partial charge in [0.25, 0.3) is 0 Å². The number of esters is 1. The quantitative estimate of drug-likeness (QED) is 0.725. The molecular weight excluding hydrogens is 366 g/mol. The molecule has 8 nitrogen and oxygen atoms in total. The summed E-state index contributed by atoms with van der Waals surface area (Å²) >= 11 is 0. The van der Waals surface area contributed by atoms with Gasteiger partial charge >= 0.3 is 12.1 Å². The lowest BCUT2D eigenvalue weighted by Crippen LogP contribution is -2.64. The maximum absolute atomic E-state index is 12.6. The number of benzene rings is 1. The summed E-state index contributed by atoms with van der Waals surface area (Å²) in [5.41, 5.74) is 0.143. The van der Waals surface area contributed by atoms with Crippen molar-refractivity contribution in [3.63, 3.8) is 0 Å². The Labute approximate surface area is 165 Å². The number of aliphatic hydroxyl groups excluding tert-OH is 2. The van der Waals surface area contributed by atoms with E-state index in [-0.39, 0.29) is 19.8 Å². The van der Waals surface area contributed by atoms with Crippen molar-refractivity contribution in [1.29, 1.82) is 0 Å². The number of hydrogen-bond donors (Lipinski definition) is 2. The summed E-state index contributed by atoms with van der Waals surface area (Å²) in [5.74, 6) is -1.57. The number of likely N-dealkylation sites (tertiary alicyclic amines) is 1. The lowest BCUT2D eigenvalue weighted by atomic mass is 9.85. The second-order valence-electron chi connectivity index (χ2n) is 7.82. The number of ether oxygens (including phenoxy) is 3. The van der Waals surface area contributed by atoms with Gasteiger partial charge in [0.1, 0.15) is 11.6 Å². The highest BCUT2D eigenvalue weighted by Gasteiger charge is 2.49. The van der Waals surface area contributed by atoms with E-state index in [1.807, 2.05) is 30.3 Å². The van der Waals surface area contributed by atoms with E-state index in [2.05, 4.69) is 0 Å². The maximum atomic E-state index is 12.6. The van der Waals surface area contributed by atoms with E-state index in [1.54, 1.807) is 20.8 Å². The molecule has 0 saturated carbocycles. The van der Waals surface area contributed by atoms with Gasteiger partial charge in [-0.25, -0.2) is 9.59 Å². The Balaban J connectivity index is 2.18. The van der Waals surface area contributed by atoms with E-state index in [1.165, 1.54) is 7.11 Å². The fourth-order valence-corrected chi connectivity index (χ4v) is 3.13. The van der Waals surface area contributed by atoms with Gasteiger partial charge in [-0.1, -0.05) is 30.3 Å². The smallest absolute Gasteiger partial charge is 0.411 e. The largest absolute Gasteiger partial charge is 0.467 e. The molecule has 4 atom stereocenters. The van der Waals surface area contributed by atoms with Gasteiger partial charge in [-0.15, -0.1) is 0 Å². The van der Waals surface area contributed by atoms with Crippen LogP contribution in [0.3, 0.4) is 0 Å². The lowest BCUT2D eigenvalue weighted by molar-refractivity contribution is -0.166. The molecule has 1 heterocycles. The summed E-state index contributed by atoms with van der Waals surface area (Å²) in [7, 11) is 1.20. The molecule has 2 rings (SSSR count). The van der Waals surface area contributed by atoms with Crippen LogP contribution in [0, 0.1) is 5.92 Å². The Hall–Kier alpha value is -2.16. The SMILES string of the molecule is COC(=O)[C@H]1[C@H](COCc2ccccc2)[C@H](O)[C@H](O)CN1C(=O)OC(C)(C)C. The molecule has 1 aromatic rings. The second-order valence-corrected chi connectivity index (χ2v) is 7.82. The minimum absolute atomic E-state index is 0.0494. The van der Waals surface area contributed by atoms with Crippen LogP contribution in [0.2, 0.25) is 0 Å². The number of hydrogen-bond acceptors (Lipinski definition) is 7. The summed E-state index contributed by atoms with van der Waals surface area (Å²) in [6, 6.07) is 8.28. The number of β-amino-alcohol motifs (C(OH)–C–C–N with tert-alkyl or cyclic N) is 1. The number of aliphatic hydroxyl groups is 2. The summed E-state index contributed by atoms with van der Waals surface area (Å²) < 4.78 is 15.9. The normalized spacial score (nSPS) is 25.3. The standard InChI is InChI=1S/C20H29NO7/c1-20(2,3)28-19(25)21-10-15(22)17(23)14(16(21)18(24)26-4)12-27-11-13-8-6-5-7-9-13/h5-9,14-17,22-23H,10-12H2,1-4H3/t14-,15+,16+,17-/m0/s1. The Bertz CT molecular complexity index is 658. The van der Waals surface area contributed by atoms with E-state index in [4.69, 9.17) is 14.2 Å². The Morgan fingerprint density at radius 2 is 1.82 bits per heavy atom. The molecule has 1 amide bonds. The molecule has 0 radical (unpaired) electrons. The zero-order valence-electron chi connectivity index (χ0n) is 16.7. The van der Waals surface area contributed by atoms with Crippen LogP contribution in [-0.4, -0.2) is 71.3 Å². The minimum atomic E-state index is -1.25. The number of amides is 1. The maximum Gasteiger partial charge on any atom is 0.411 e. The number of carbonyl (C=O) groups excluding carboxylic acids is 2. The van der Waals surface area contributed by atoms with Crippen molar-refractivity contribution >= 4 is 12.1 Å². The van der Waals surface area contributed by atoms with Gasteiger partial charge in [-0.3, -0.25) is 4.90 Å². The molecule has 1 aromatic carbocycles. The average Bonchev–Trinajstić information content (AvgIpc) is 2.63. The van der Waals surface area contributed by atoms with Gasteiger partial charge in [-0.05, 0) is 26.3 Å². The van der Waals surface area contributed by atoms with Crippen molar-refractivity contribution in [2.24, 2.45) is 5.92 Å². The molecule has 156 valence electrons. The predicted molar refractivity (Wildman–Crippen MR) is 100 cm³/mol. The summed E-state index contributed by atoms with van der Waals surface area (Å²) in [6.07, 6.45) is -3.25. The molecule has 0 aromatic heterocycles. The first-order valence-corrected chi connectivity index (χ1v) is 9.19. The van der Waals surface area contributed by atoms with E-state index in [9.17, 15) is 19.8 Å². The van der Waals surface area contributed by atoms with E-state index in [0.29, 0.717) is 0 Å². The number of rotatable bonds is 5. The topological polar surface area (TPSA) is 106 Å². The van der Waals surface area contributed by atoms with E-state index in [0.717, 1.165) is 10.5 Å². The molecule has 0 aliphatic carbocycles. The third-order valence-electron chi connectivity index (χ3n) is 4.45. The van der Waals surface area contributed by atoms with Crippen LogP contribution >= 0.6 is 0 Å². The molecule has 1 aliphatic rings. The predicted octanol–water partition coefficient (Wildman–Crippen LogP) is 1.33. The molecule has 1 aliphatic heterocycles. The van der Waals surface area contributed by atoms with Gasteiger partial charge in [0, 0.05) is 5.92 Å². The van der Waals surface area contributed by atoms with E-state index >= 15 is 0 Å². The van der Waals surface area contributed by atoms with Crippen LogP contribution in [0.15, 0.2) is 30.3 Å². The molecule has 0 bridgehead atoms. The third-order valence-corrected chi connectivity index (χ3v) is 4.45. The number of methoxy groups -OCH3 is 1. The van der Waals surface area contributed by atoms with Crippen LogP contribution in [-0.2, 0) is 25.6 Å². The highest BCUT2D eigenvalue weighted by molar-refractivity contribution is 5.82. The molecule has 1 saturated heterocycles. The van der Waals surface area contributed by atoms with Crippen LogP contribution in [0.5, 0.6) is 0 Å². The summed E-state index contributed by atoms with van der Waals surface area (Å²) in [6.45, 7) is 5.08.